The van der Waals surface area contributed by atoms with E-state index in [4.69, 9.17) is 16.3 Å². The van der Waals surface area contributed by atoms with Crippen LogP contribution < -0.4 is 16.0 Å². The highest BCUT2D eigenvalue weighted by molar-refractivity contribution is 6.45. The van der Waals surface area contributed by atoms with Gasteiger partial charge in [0, 0.05) is 30.7 Å². The van der Waals surface area contributed by atoms with Crippen LogP contribution in [-0.2, 0) is 9.53 Å². The van der Waals surface area contributed by atoms with Gasteiger partial charge in [0.05, 0.1) is 18.9 Å². The smallest absolute Gasteiger partial charge is 0.271 e. The highest BCUT2D eigenvalue weighted by Crippen LogP contribution is 2.22. The Hall–Kier alpha value is -1.89. The summed E-state index contributed by atoms with van der Waals surface area (Å²) in [5.74, 6) is -0.376. The third-order valence-corrected chi connectivity index (χ3v) is 4.06. The number of morpholine rings is 1. The van der Waals surface area contributed by atoms with Crippen molar-refractivity contribution in [3.8, 4) is 0 Å². The highest BCUT2D eigenvalue weighted by Gasteiger charge is 2.36. The maximum Gasteiger partial charge on any atom is 0.271 e. The van der Waals surface area contributed by atoms with E-state index < -0.39 is 5.00 Å². The van der Waals surface area contributed by atoms with Crippen molar-refractivity contribution in [3.63, 3.8) is 0 Å². The minimum absolute atomic E-state index is 0.0489. The lowest BCUT2D eigenvalue weighted by Gasteiger charge is -2.27. The number of benzene rings is 1. The molecule has 7 heteroatoms. The fourth-order valence-electron chi connectivity index (χ4n) is 2.50. The third-order valence-electron chi connectivity index (χ3n) is 3.70. The summed E-state index contributed by atoms with van der Waals surface area (Å²) in [5, 5.41) is 9.00. The van der Waals surface area contributed by atoms with Gasteiger partial charge in [-0.2, -0.15) is 0 Å². The number of ether oxygens (including phenoxy) is 1. The van der Waals surface area contributed by atoms with Gasteiger partial charge in [0.1, 0.15) is 0 Å². The van der Waals surface area contributed by atoms with Gasteiger partial charge in [-0.15, -0.1) is 0 Å². The molecule has 0 aromatic heterocycles. The molecule has 2 aliphatic heterocycles. The number of hydrogen-bond donors (Lipinski definition) is 3. The molecule has 0 saturated carbocycles. The number of carbonyl (C=O) groups is 1. The molecule has 23 heavy (non-hydrogen) atoms. The number of nitrogens with one attached hydrogen (secondary N) is 3. The van der Waals surface area contributed by atoms with Gasteiger partial charge in [-0.25, -0.2) is 0 Å². The first-order chi connectivity index (χ1) is 11.1. The summed E-state index contributed by atoms with van der Waals surface area (Å²) >= 11 is 6.28. The van der Waals surface area contributed by atoms with Crippen LogP contribution in [0.15, 0.2) is 41.2 Å². The van der Waals surface area contributed by atoms with Crippen molar-refractivity contribution in [3.05, 3.63) is 41.7 Å². The molecule has 1 aromatic carbocycles. The SMILES string of the molecule is CC1=CN=C[C@@](Cl)(C(=O)Nc2ccc(C3CNCCO3)cc2)N1. The monoisotopic (exact) mass is 334 g/mol. The molecule has 3 rings (SSSR count). The van der Waals surface area contributed by atoms with Crippen molar-refractivity contribution in [1.82, 2.24) is 10.6 Å². The Kier molecular flexibility index (Phi) is 4.66. The Morgan fingerprint density at radius 3 is 2.87 bits per heavy atom. The van der Waals surface area contributed by atoms with Crippen molar-refractivity contribution in [1.29, 1.82) is 0 Å². The molecule has 3 N–H and O–H groups in total. The number of anilines is 1. The number of halogens is 1. The summed E-state index contributed by atoms with van der Waals surface area (Å²) in [6.07, 6.45) is 3.04. The molecule has 1 unspecified atom stereocenters. The first-order valence-corrected chi connectivity index (χ1v) is 7.86. The van der Waals surface area contributed by atoms with Crippen molar-refractivity contribution >= 4 is 29.4 Å². The molecule has 0 radical (unpaired) electrons. The normalized spacial score (nSPS) is 27.0. The summed E-state index contributed by atoms with van der Waals surface area (Å²) in [6, 6.07) is 7.58. The van der Waals surface area contributed by atoms with E-state index in [1.165, 1.54) is 6.21 Å². The number of rotatable bonds is 3. The van der Waals surface area contributed by atoms with E-state index in [-0.39, 0.29) is 12.0 Å². The Balaban J connectivity index is 1.65. The van der Waals surface area contributed by atoms with Gasteiger partial charge >= 0.3 is 0 Å². The lowest BCUT2D eigenvalue weighted by molar-refractivity contribution is -0.117. The molecular formula is C16H19ClN4O2. The first kappa shape index (κ1) is 16.0. The van der Waals surface area contributed by atoms with Gasteiger partial charge in [-0.1, -0.05) is 23.7 Å². The van der Waals surface area contributed by atoms with E-state index in [1.54, 1.807) is 13.1 Å². The zero-order chi connectivity index (χ0) is 16.3. The molecule has 0 aliphatic carbocycles. The zero-order valence-corrected chi connectivity index (χ0v) is 13.6. The highest BCUT2D eigenvalue weighted by atomic mass is 35.5. The van der Waals surface area contributed by atoms with Crippen LogP contribution in [0.25, 0.3) is 0 Å². The van der Waals surface area contributed by atoms with Crippen molar-refractivity contribution in [2.24, 2.45) is 4.99 Å². The summed E-state index contributed by atoms with van der Waals surface area (Å²) in [4.78, 5) is 15.0. The molecular weight excluding hydrogens is 316 g/mol. The Bertz CT molecular complexity index is 638. The zero-order valence-electron chi connectivity index (χ0n) is 12.8. The van der Waals surface area contributed by atoms with Gasteiger partial charge in [-0.3, -0.25) is 9.79 Å². The number of amides is 1. The third kappa shape index (κ3) is 3.72. The number of aliphatic imine (C=N–C) groups is 1. The van der Waals surface area contributed by atoms with E-state index in [1.807, 2.05) is 24.3 Å². The number of hydrogen-bond acceptors (Lipinski definition) is 5. The number of nitrogens with zero attached hydrogens (tertiary/aromatic N) is 1. The van der Waals surface area contributed by atoms with E-state index >= 15 is 0 Å². The van der Waals surface area contributed by atoms with E-state index in [9.17, 15) is 4.79 Å². The van der Waals surface area contributed by atoms with Gasteiger partial charge in [0.15, 0.2) is 0 Å². The summed E-state index contributed by atoms with van der Waals surface area (Å²) < 4.78 is 5.70. The average molecular weight is 335 g/mol. The largest absolute Gasteiger partial charge is 0.371 e. The average Bonchev–Trinajstić information content (AvgIpc) is 2.56. The quantitative estimate of drug-likeness (QED) is 0.581. The maximum absolute atomic E-state index is 12.4. The Morgan fingerprint density at radius 2 is 2.22 bits per heavy atom. The fourth-order valence-corrected chi connectivity index (χ4v) is 2.75. The standard InChI is InChI=1S/C16H19ClN4O2/c1-11-8-19-10-16(17,21-11)15(22)20-13-4-2-12(3-5-13)14-9-18-6-7-23-14/h2-5,8,10,14,18,21H,6-7,9H2,1H3,(H,20,22)/t14?,16-/m0/s1. The molecule has 2 heterocycles. The molecule has 1 saturated heterocycles. The molecule has 2 aliphatic rings. The van der Waals surface area contributed by atoms with Crippen LogP contribution in [0.4, 0.5) is 5.69 Å². The molecule has 2 atom stereocenters. The summed E-state index contributed by atoms with van der Waals surface area (Å²) in [7, 11) is 0. The van der Waals surface area contributed by atoms with Crippen LogP contribution in [0.3, 0.4) is 0 Å². The fraction of sp³-hybridized carbons (Fsp3) is 0.375. The van der Waals surface area contributed by atoms with Crippen LogP contribution in [0, 0.1) is 0 Å². The summed E-state index contributed by atoms with van der Waals surface area (Å²) in [5.41, 5.74) is 2.48. The Labute approximate surface area is 140 Å². The number of alkyl halides is 1. The van der Waals surface area contributed by atoms with Crippen molar-refractivity contribution in [2.45, 2.75) is 18.0 Å². The van der Waals surface area contributed by atoms with Crippen LogP contribution in [0.1, 0.15) is 18.6 Å². The van der Waals surface area contributed by atoms with Crippen LogP contribution in [0.5, 0.6) is 0 Å². The Morgan fingerprint density at radius 1 is 1.43 bits per heavy atom. The first-order valence-electron chi connectivity index (χ1n) is 7.49. The van der Waals surface area contributed by atoms with Crippen LogP contribution in [0.2, 0.25) is 0 Å². The van der Waals surface area contributed by atoms with Crippen LogP contribution in [-0.4, -0.2) is 36.8 Å². The lowest BCUT2D eigenvalue weighted by Crippen LogP contribution is -2.51. The molecule has 1 fully saturated rings. The van der Waals surface area contributed by atoms with E-state index in [2.05, 4.69) is 20.9 Å². The van der Waals surface area contributed by atoms with Gasteiger partial charge in [0.25, 0.3) is 5.91 Å². The predicted molar refractivity (Wildman–Crippen MR) is 90.6 cm³/mol. The van der Waals surface area contributed by atoms with Gasteiger partial charge in [-0.05, 0) is 24.6 Å². The number of carbonyl (C=O) groups excluding carboxylic acids is 1. The molecule has 6 nitrogen and oxygen atoms in total. The molecule has 1 amide bonds. The minimum Gasteiger partial charge on any atom is -0.371 e. The topological polar surface area (TPSA) is 74.8 Å². The van der Waals surface area contributed by atoms with E-state index in [0.717, 1.165) is 24.4 Å². The van der Waals surface area contributed by atoms with Gasteiger partial charge < -0.3 is 20.7 Å². The molecule has 0 bridgehead atoms. The second-order valence-electron chi connectivity index (χ2n) is 5.57. The van der Waals surface area contributed by atoms with Crippen molar-refractivity contribution in [2.75, 3.05) is 25.0 Å². The van der Waals surface area contributed by atoms with Gasteiger partial charge in [0.2, 0.25) is 5.00 Å². The minimum atomic E-state index is -1.37. The maximum atomic E-state index is 12.4. The lowest BCUT2D eigenvalue weighted by atomic mass is 10.1. The van der Waals surface area contributed by atoms with Crippen molar-refractivity contribution < 1.29 is 9.53 Å². The molecule has 0 spiro atoms. The molecule has 122 valence electrons. The van der Waals surface area contributed by atoms with E-state index in [0.29, 0.717) is 12.3 Å². The predicted octanol–water partition coefficient (Wildman–Crippen LogP) is 1.76. The number of allylic oxidation sites excluding steroid dienone is 1. The summed E-state index contributed by atoms with van der Waals surface area (Å²) in [6.45, 7) is 4.18. The van der Waals surface area contributed by atoms with Crippen LogP contribution >= 0.6 is 11.6 Å². The second kappa shape index (κ2) is 6.70. The second-order valence-corrected chi connectivity index (χ2v) is 6.16. The molecule has 1 aromatic rings.